The highest BCUT2D eigenvalue weighted by Crippen LogP contribution is 2.43. The van der Waals surface area contributed by atoms with Crippen LogP contribution in [0.1, 0.15) is 28.3 Å². The molecule has 1 heterocycles. The molecule has 0 aliphatic carbocycles. The molecule has 1 aliphatic rings. The molecule has 0 aromatic heterocycles. The van der Waals surface area contributed by atoms with Gasteiger partial charge in [0.15, 0.2) is 11.5 Å². The Morgan fingerprint density at radius 1 is 1.00 bits per heavy atom. The van der Waals surface area contributed by atoms with Crippen molar-refractivity contribution < 1.29 is 28.5 Å². The number of likely N-dealkylation sites (tertiary alicyclic amines) is 1. The number of hydrogen-bond acceptors (Lipinski definition) is 6. The van der Waals surface area contributed by atoms with Gasteiger partial charge in [0.25, 0.3) is 5.91 Å². The average molecular weight is 491 g/mol. The number of hydrogen-bond donors (Lipinski definition) is 1. The van der Waals surface area contributed by atoms with Gasteiger partial charge in [-0.2, -0.15) is 0 Å². The molecular formula is C25H31ClN2O6. The van der Waals surface area contributed by atoms with Crippen LogP contribution >= 0.6 is 11.6 Å². The van der Waals surface area contributed by atoms with Crippen LogP contribution in [0.5, 0.6) is 17.2 Å². The smallest absolute Gasteiger partial charge is 0.253 e. The maximum atomic E-state index is 13.2. The summed E-state index contributed by atoms with van der Waals surface area (Å²) in [7, 11) is 6.26. The van der Waals surface area contributed by atoms with Crippen LogP contribution in [0.2, 0.25) is 5.02 Å². The van der Waals surface area contributed by atoms with Gasteiger partial charge in [0.2, 0.25) is 11.7 Å². The van der Waals surface area contributed by atoms with Gasteiger partial charge in [-0.25, -0.2) is 0 Å². The lowest BCUT2D eigenvalue weighted by atomic mass is 9.88. The van der Waals surface area contributed by atoms with Gasteiger partial charge in [0.1, 0.15) is 0 Å². The summed E-state index contributed by atoms with van der Waals surface area (Å²) in [6.45, 7) is 1.72. The molecule has 2 atom stereocenters. The van der Waals surface area contributed by atoms with Gasteiger partial charge in [0, 0.05) is 49.9 Å². The van der Waals surface area contributed by atoms with E-state index in [9.17, 15) is 9.59 Å². The van der Waals surface area contributed by atoms with E-state index in [1.54, 1.807) is 57.6 Å². The minimum Gasteiger partial charge on any atom is -0.493 e. The zero-order valence-corrected chi connectivity index (χ0v) is 20.7. The van der Waals surface area contributed by atoms with Crippen molar-refractivity contribution in [3.8, 4) is 17.2 Å². The summed E-state index contributed by atoms with van der Waals surface area (Å²) >= 11 is 5.98. The molecule has 2 amide bonds. The van der Waals surface area contributed by atoms with Crippen LogP contribution in [0.15, 0.2) is 36.4 Å². The fourth-order valence-corrected chi connectivity index (χ4v) is 4.35. The second-order valence-electron chi connectivity index (χ2n) is 8.03. The van der Waals surface area contributed by atoms with Crippen LogP contribution in [0, 0.1) is 5.92 Å². The van der Waals surface area contributed by atoms with Gasteiger partial charge in [-0.3, -0.25) is 9.59 Å². The highest BCUT2D eigenvalue weighted by molar-refractivity contribution is 6.30. The van der Waals surface area contributed by atoms with Crippen LogP contribution in [-0.4, -0.2) is 71.4 Å². The first-order valence-electron chi connectivity index (χ1n) is 11.0. The average Bonchev–Trinajstić information content (AvgIpc) is 3.31. The number of carbonyl (C=O) groups is 2. The quantitative estimate of drug-likeness (QED) is 0.514. The Labute approximate surface area is 205 Å². The number of amides is 2. The Morgan fingerprint density at radius 2 is 1.65 bits per heavy atom. The lowest BCUT2D eigenvalue weighted by Crippen LogP contribution is -2.36. The molecule has 0 spiro atoms. The first-order chi connectivity index (χ1) is 16.4. The lowest BCUT2D eigenvalue weighted by Gasteiger charge is -2.21. The summed E-state index contributed by atoms with van der Waals surface area (Å²) in [5.41, 5.74) is 1.35. The van der Waals surface area contributed by atoms with E-state index in [4.69, 9.17) is 30.5 Å². The number of benzene rings is 2. The second kappa shape index (κ2) is 11.9. The summed E-state index contributed by atoms with van der Waals surface area (Å²) in [6.07, 6.45) is 0.706. The van der Waals surface area contributed by atoms with Crippen molar-refractivity contribution in [3.63, 3.8) is 0 Å². The summed E-state index contributed by atoms with van der Waals surface area (Å²) in [5, 5.41) is 3.54. The third-order valence-corrected chi connectivity index (χ3v) is 6.23. The van der Waals surface area contributed by atoms with Crippen molar-refractivity contribution in [3.05, 3.63) is 52.5 Å². The molecule has 1 saturated heterocycles. The van der Waals surface area contributed by atoms with E-state index in [-0.39, 0.29) is 17.7 Å². The monoisotopic (exact) mass is 490 g/mol. The minimum atomic E-state index is -0.443. The molecule has 0 unspecified atom stereocenters. The fraction of sp³-hybridized carbons (Fsp3) is 0.440. The number of ether oxygens (including phenoxy) is 4. The molecule has 2 aromatic carbocycles. The maximum absolute atomic E-state index is 13.2. The number of nitrogens with zero attached hydrogens (tertiary/aromatic N) is 1. The van der Waals surface area contributed by atoms with E-state index in [1.165, 1.54) is 0 Å². The van der Waals surface area contributed by atoms with Crippen molar-refractivity contribution in [1.29, 1.82) is 0 Å². The van der Waals surface area contributed by atoms with Crippen molar-refractivity contribution in [2.45, 2.75) is 12.3 Å². The normalized spacial score (nSPS) is 17.4. The van der Waals surface area contributed by atoms with Crippen molar-refractivity contribution in [2.24, 2.45) is 5.92 Å². The Bertz CT molecular complexity index is 972. The summed E-state index contributed by atoms with van der Waals surface area (Å²) in [5.74, 6) is 0.512. The molecule has 184 valence electrons. The van der Waals surface area contributed by atoms with E-state index in [0.717, 1.165) is 5.56 Å². The molecule has 34 heavy (non-hydrogen) atoms. The third kappa shape index (κ3) is 5.74. The molecule has 0 bridgehead atoms. The SMILES string of the molecule is COCCCNC(=O)[C@@H]1CN(C(=O)c2ccc(Cl)cc2)C[C@@H]1c1cc(OC)c(OC)c(OC)c1. The van der Waals surface area contributed by atoms with E-state index in [0.29, 0.717) is 60.5 Å². The van der Waals surface area contributed by atoms with Gasteiger partial charge in [-0.15, -0.1) is 0 Å². The first kappa shape index (κ1) is 25.6. The predicted molar refractivity (Wildman–Crippen MR) is 129 cm³/mol. The standard InChI is InChI=1S/C25H31ClN2O6/c1-31-11-5-10-27-24(29)20-15-28(25(30)16-6-8-18(26)9-7-16)14-19(20)17-12-21(32-2)23(34-4)22(13-17)33-3/h6-9,12-13,19-20H,5,10-11,14-15H2,1-4H3,(H,27,29)/t19-,20-/m1/s1. The summed E-state index contributed by atoms with van der Waals surface area (Å²) in [4.78, 5) is 28.1. The van der Waals surface area contributed by atoms with Gasteiger partial charge in [0.05, 0.1) is 27.2 Å². The van der Waals surface area contributed by atoms with Crippen molar-refractivity contribution >= 4 is 23.4 Å². The fourth-order valence-electron chi connectivity index (χ4n) is 4.22. The first-order valence-corrected chi connectivity index (χ1v) is 11.4. The topological polar surface area (TPSA) is 86.3 Å². The number of rotatable bonds is 10. The van der Waals surface area contributed by atoms with Crippen LogP contribution < -0.4 is 19.5 Å². The Balaban J connectivity index is 1.92. The van der Waals surface area contributed by atoms with E-state index < -0.39 is 5.92 Å². The Morgan fingerprint density at radius 3 is 2.21 bits per heavy atom. The van der Waals surface area contributed by atoms with Crippen LogP contribution in [-0.2, 0) is 9.53 Å². The molecule has 8 nitrogen and oxygen atoms in total. The van der Waals surface area contributed by atoms with E-state index in [2.05, 4.69) is 5.32 Å². The van der Waals surface area contributed by atoms with E-state index >= 15 is 0 Å². The highest BCUT2D eigenvalue weighted by atomic mass is 35.5. The van der Waals surface area contributed by atoms with E-state index in [1.807, 2.05) is 12.1 Å². The number of methoxy groups -OCH3 is 4. The molecule has 9 heteroatoms. The van der Waals surface area contributed by atoms with Gasteiger partial charge in [-0.05, 0) is 48.4 Å². The molecular weight excluding hydrogens is 460 g/mol. The molecule has 3 rings (SSSR count). The summed E-state index contributed by atoms with van der Waals surface area (Å²) in [6, 6.07) is 10.4. The van der Waals surface area contributed by atoms with Crippen LogP contribution in [0.4, 0.5) is 0 Å². The zero-order chi connectivity index (χ0) is 24.7. The van der Waals surface area contributed by atoms with Crippen molar-refractivity contribution in [2.75, 3.05) is 54.7 Å². The van der Waals surface area contributed by atoms with Gasteiger partial charge in [-0.1, -0.05) is 11.6 Å². The number of nitrogens with one attached hydrogen (secondary N) is 1. The molecule has 0 saturated carbocycles. The minimum absolute atomic E-state index is 0.110. The van der Waals surface area contributed by atoms with Crippen molar-refractivity contribution in [1.82, 2.24) is 10.2 Å². The lowest BCUT2D eigenvalue weighted by molar-refractivity contribution is -0.125. The Hall–Kier alpha value is -2.97. The second-order valence-corrected chi connectivity index (χ2v) is 8.46. The van der Waals surface area contributed by atoms with Crippen LogP contribution in [0.25, 0.3) is 0 Å². The molecule has 2 aromatic rings. The number of carbonyl (C=O) groups excluding carboxylic acids is 2. The highest BCUT2D eigenvalue weighted by Gasteiger charge is 2.41. The molecule has 1 aliphatic heterocycles. The predicted octanol–water partition coefficient (Wildman–Crippen LogP) is 3.37. The third-order valence-electron chi connectivity index (χ3n) is 5.97. The van der Waals surface area contributed by atoms with Gasteiger partial charge < -0.3 is 29.2 Å². The molecule has 1 N–H and O–H groups in total. The Kier molecular flexibility index (Phi) is 9.01. The maximum Gasteiger partial charge on any atom is 0.253 e. The van der Waals surface area contributed by atoms with Crippen LogP contribution in [0.3, 0.4) is 0 Å². The molecule has 0 radical (unpaired) electrons. The largest absolute Gasteiger partial charge is 0.493 e. The molecule has 1 fully saturated rings. The zero-order valence-electron chi connectivity index (χ0n) is 19.9. The summed E-state index contributed by atoms with van der Waals surface area (Å²) < 4.78 is 21.5. The number of halogens is 1. The van der Waals surface area contributed by atoms with Gasteiger partial charge >= 0.3 is 0 Å².